The number of hydrogen-bond donors (Lipinski definition) is 2. The minimum atomic E-state index is -4.47. The number of aromatic nitrogens is 5. The number of amides is 1. The summed E-state index contributed by atoms with van der Waals surface area (Å²) in [6, 6.07) is 2.11. The molecular formula is C23H29F3N8O. The molecule has 3 aromatic heterocycles. The van der Waals surface area contributed by atoms with E-state index < -0.39 is 11.9 Å². The molecule has 0 fully saturated rings. The summed E-state index contributed by atoms with van der Waals surface area (Å²) in [5.41, 5.74) is 2.17. The van der Waals surface area contributed by atoms with Crippen LogP contribution in [0.5, 0.6) is 0 Å². The van der Waals surface area contributed by atoms with Crippen molar-refractivity contribution in [1.82, 2.24) is 24.7 Å². The Balaban J connectivity index is 0.00000342. The Morgan fingerprint density at radius 2 is 1.89 bits per heavy atom. The molecule has 0 spiro atoms. The normalized spacial score (nSPS) is 15.3. The molecule has 3 aromatic rings. The van der Waals surface area contributed by atoms with E-state index in [-0.39, 0.29) is 19.4 Å². The first kappa shape index (κ1) is 25.9. The molecule has 9 nitrogen and oxygen atoms in total. The van der Waals surface area contributed by atoms with Gasteiger partial charge >= 0.3 is 6.18 Å². The summed E-state index contributed by atoms with van der Waals surface area (Å²) in [6.45, 7) is 6.00. The molecule has 0 aromatic carbocycles. The van der Waals surface area contributed by atoms with Gasteiger partial charge in [-0.15, -0.1) is 0 Å². The fourth-order valence-electron chi connectivity index (χ4n) is 3.88. The van der Waals surface area contributed by atoms with Gasteiger partial charge in [0.1, 0.15) is 17.4 Å². The van der Waals surface area contributed by atoms with Crippen molar-refractivity contribution in [2.45, 2.75) is 59.9 Å². The summed E-state index contributed by atoms with van der Waals surface area (Å²) >= 11 is 0. The number of carbonyl (C=O) groups is 1. The number of anilines is 3. The van der Waals surface area contributed by atoms with E-state index in [0.29, 0.717) is 53.9 Å². The molecule has 0 saturated carbocycles. The van der Waals surface area contributed by atoms with Crippen LogP contribution in [-0.2, 0) is 24.1 Å². The molecule has 12 heteroatoms. The maximum atomic E-state index is 12.8. The minimum Gasteiger partial charge on any atom is -0.350 e. The lowest BCUT2D eigenvalue weighted by molar-refractivity contribution is -0.141. The molecule has 1 atom stereocenters. The van der Waals surface area contributed by atoms with Gasteiger partial charge in [-0.2, -0.15) is 23.3 Å². The highest BCUT2D eigenvalue weighted by Crippen LogP contribution is 2.33. The van der Waals surface area contributed by atoms with Crippen LogP contribution in [0, 0.1) is 13.8 Å². The monoisotopic (exact) mass is 490 g/mol. The molecule has 188 valence electrons. The molecule has 1 aliphatic rings. The largest absolute Gasteiger partial charge is 0.433 e. The lowest BCUT2D eigenvalue weighted by atomic mass is 10.1. The summed E-state index contributed by atoms with van der Waals surface area (Å²) < 4.78 is 40.1. The Labute approximate surface area is 201 Å². The van der Waals surface area contributed by atoms with Gasteiger partial charge < -0.3 is 15.5 Å². The predicted molar refractivity (Wildman–Crippen MR) is 127 cm³/mol. The summed E-state index contributed by atoms with van der Waals surface area (Å²) in [4.78, 5) is 26.8. The fourth-order valence-corrected chi connectivity index (χ4v) is 3.88. The maximum Gasteiger partial charge on any atom is 0.433 e. The molecule has 0 saturated heterocycles. The van der Waals surface area contributed by atoms with Crippen LogP contribution in [-0.4, -0.2) is 43.7 Å². The SMILES string of the molecule is C.CC[C@H]1C(=O)Nc2c(C)nc(NCc3cnn(Cc4ccc(C(F)(F)F)nc4C)c3)nc2N1C. The molecule has 0 aliphatic carbocycles. The van der Waals surface area contributed by atoms with Crippen molar-refractivity contribution in [3.8, 4) is 0 Å². The summed E-state index contributed by atoms with van der Waals surface area (Å²) in [5, 5.41) is 10.4. The summed E-state index contributed by atoms with van der Waals surface area (Å²) in [5.74, 6) is 1.00. The summed E-state index contributed by atoms with van der Waals surface area (Å²) in [7, 11) is 1.84. The zero-order chi connectivity index (χ0) is 24.6. The molecule has 4 rings (SSSR count). The molecule has 1 aliphatic heterocycles. The molecule has 0 radical (unpaired) electrons. The van der Waals surface area contributed by atoms with E-state index in [2.05, 4.69) is 30.7 Å². The van der Waals surface area contributed by atoms with Gasteiger partial charge in [-0.1, -0.05) is 20.4 Å². The van der Waals surface area contributed by atoms with Gasteiger partial charge in [-0.3, -0.25) is 9.48 Å². The Morgan fingerprint density at radius 1 is 1.14 bits per heavy atom. The number of carbonyl (C=O) groups excluding carboxylic acids is 1. The number of halogens is 3. The van der Waals surface area contributed by atoms with Gasteiger partial charge in [-0.05, 0) is 31.9 Å². The zero-order valence-electron chi connectivity index (χ0n) is 19.2. The zero-order valence-corrected chi connectivity index (χ0v) is 19.2. The second-order valence-corrected chi connectivity index (χ2v) is 8.19. The third-order valence-electron chi connectivity index (χ3n) is 5.77. The van der Waals surface area contributed by atoms with Crippen LogP contribution in [0.4, 0.5) is 30.6 Å². The third-order valence-corrected chi connectivity index (χ3v) is 5.77. The van der Waals surface area contributed by atoms with Crippen molar-refractivity contribution in [2.75, 3.05) is 22.6 Å². The molecule has 4 heterocycles. The molecular weight excluding hydrogens is 461 g/mol. The average molecular weight is 491 g/mol. The van der Waals surface area contributed by atoms with Crippen LogP contribution in [0.1, 0.15) is 49.0 Å². The molecule has 1 amide bonds. The van der Waals surface area contributed by atoms with Gasteiger partial charge in [0.25, 0.3) is 0 Å². The first-order valence-corrected chi connectivity index (χ1v) is 10.8. The Kier molecular flexibility index (Phi) is 7.32. The highest BCUT2D eigenvalue weighted by Gasteiger charge is 2.33. The molecule has 0 bridgehead atoms. The fraction of sp³-hybridized carbons (Fsp3) is 0.435. The van der Waals surface area contributed by atoms with Crippen molar-refractivity contribution in [1.29, 1.82) is 0 Å². The number of nitrogens with one attached hydrogen (secondary N) is 2. The van der Waals surface area contributed by atoms with Crippen LogP contribution in [0.3, 0.4) is 0 Å². The highest BCUT2D eigenvalue weighted by atomic mass is 19.4. The van der Waals surface area contributed by atoms with Gasteiger partial charge in [0.05, 0.1) is 18.4 Å². The van der Waals surface area contributed by atoms with Crippen molar-refractivity contribution in [3.63, 3.8) is 0 Å². The van der Waals surface area contributed by atoms with Crippen molar-refractivity contribution < 1.29 is 18.0 Å². The van der Waals surface area contributed by atoms with Crippen molar-refractivity contribution in [3.05, 3.63) is 52.7 Å². The molecule has 2 N–H and O–H groups in total. The topological polar surface area (TPSA) is 101 Å². The smallest absolute Gasteiger partial charge is 0.350 e. The third kappa shape index (κ3) is 5.36. The lowest BCUT2D eigenvalue weighted by Crippen LogP contribution is -2.46. The van der Waals surface area contributed by atoms with Crippen LogP contribution in [0.25, 0.3) is 0 Å². The average Bonchev–Trinajstić information content (AvgIpc) is 3.21. The molecule has 35 heavy (non-hydrogen) atoms. The number of pyridine rings is 1. The second kappa shape index (κ2) is 9.88. The van der Waals surface area contributed by atoms with Crippen LogP contribution < -0.4 is 15.5 Å². The van der Waals surface area contributed by atoms with Crippen LogP contribution in [0.2, 0.25) is 0 Å². The van der Waals surface area contributed by atoms with Crippen molar-refractivity contribution in [2.24, 2.45) is 0 Å². The standard InChI is InChI=1S/C22H25F3N8O.CH4/c1-5-16-20(34)30-18-13(3)29-21(31-19(18)32(16)4)26-8-14-9-27-33(10-14)11-15-6-7-17(22(23,24)25)28-12(15)2;/h6-7,9-10,16H,5,8,11H2,1-4H3,(H,30,34)(H,26,29,31);1H4/t16-;/m0./s1. The Morgan fingerprint density at radius 3 is 2.54 bits per heavy atom. The maximum absolute atomic E-state index is 12.8. The number of fused-ring (bicyclic) bond motifs is 1. The van der Waals surface area contributed by atoms with E-state index in [4.69, 9.17) is 0 Å². The van der Waals surface area contributed by atoms with Gasteiger partial charge in [0.2, 0.25) is 11.9 Å². The van der Waals surface area contributed by atoms with E-state index in [1.165, 1.54) is 6.07 Å². The first-order valence-electron chi connectivity index (χ1n) is 10.8. The Hall–Kier alpha value is -3.70. The first-order chi connectivity index (χ1) is 16.1. The Bertz CT molecular complexity index is 1220. The minimum absolute atomic E-state index is 0. The number of hydrogen-bond acceptors (Lipinski definition) is 7. The van der Waals surface area contributed by atoms with E-state index in [9.17, 15) is 18.0 Å². The van der Waals surface area contributed by atoms with E-state index in [1.54, 1.807) is 24.0 Å². The quantitative estimate of drug-likeness (QED) is 0.535. The number of rotatable bonds is 6. The van der Waals surface area contributed by atoms with E-state index in [1.807, 2.05) is 25.8 Å². The van der Waals surface area contributed by atoms with Gasteiger partial charge in [-0.25, -0.2) is 9.97 Å². The molecule has 0 unspecified atom stereocenters. The number of nitrogens with zero attached hydrogens (tertiary/aromatic N) is 6. The number of likely N-dealkylation sites (N-methyl/N-ethyl adjacent to an activating group) is 1. The van der Waals surface area contributed by atoms with E-state index in [0.717, 1.165) is 11.6 Å². The number of alkyl halides is 3. The van der Waals surface area contributed by atoms with Crippen LogP contribution >= 0.6 is 0 Å². The second-order valence-electron chi connectivity index (χ2n) is 8.19. The summed E-state index contributed by atoms with van der Waals surface area (Å²) in [6.07, 6.45) is -0.344. The van der Waals surface area contributed by atoms with Gasteiger partial charge in [0, 0.05) is 31.0 Å². The predicted octanol–water partition coefficient (Wildman–Crippen LogP) is 4.17. The van der Waals surface area contributed by atoms with Crippen LogP contribution in [0.15, 0.2) is 24.5 Å². The van der Waals surface area contributed by atoms with Crippen molar-refractivity contribution >= 4 is 23.4 Å². The number of aryl methyl sites for hydroxylation is 2. The van der Waals surface area contributed by atoms with Gasteiger partial charge in [0.15, 0.2) is 5.82 Å². The van der Waals surface area contributed by atoms with E-state index >= 15 is 0 Å². The highest BCUT2D eigenvalue weighted by molar-refractivity contribution is 6.03. The lowest BCUT2D eigenvalue weighted by Gasteiger charge is -2.34.